The van der Waals surface area contributed by atoms with Gasteiger partial charge in [0, 0.05) is 18.3 Å². The van der Waals surface area contributed by atoms with Crippen molar-refractivity contribution in [2.75, 3.05) is 0 Å². The lowest BCUT2D eigenvalue weighted by Gasteiger charge is -2.60. The van der Waals surface area contributed by atoms with Crippen LogP contribution in [0.25, 0.3) is 0 Å². The Labute approximate surface area is 140 Å². The van der Waals surface area contributed by atoms with Crippen molar-refractivity contribution in [1.82, 2.24) is 0 Å². The van der Waals surface area contributed by atoms with E-state index in [0.29, 0.717) is 29.0 Å². The summed E-state index contributed by atoms with van der Waals surface area (Å²) < 4.78 is 0. The highest BCUT2D eigenvalue weighted by Crippen LogP contribution is 2.67. The quantitative estimate of drug-likeness (QED) is 0.687. The van der Waals surface area contributed by atoms with E-state index in [2.05, 4.69) is 19.8 Å². The Morgan fingerprint density at radius 1 is 1.09 bits per heavy atom. The predicted molar refractivity (Wildman–Crippen MR) is 90.5 cm³/mol. The van der Waals surface area contributed by atoms with Crippen molar-refractivity contribution >= 4 is 5.78 Å². The molecule has 0 aliphatic heterocycles. The molecule has 0 aromatic carbocycles. The van der Waals surface area contributed by atoms with E-state index in [1.54, 1.807) is 0 Å². The Bertz CT molecular complexity index is 575. The van der Waals surface area contributed by atoms with Gasteiger partial charge >= 0.3 is 0 Å². The van der Waals surface area contributed by atoms with Gasteiger partial charge in [0.1, 0.15) is 11.4 Å². The highest BCUT2D eigenvalue weighted by Gasteiger charge is 2.64. The van der Waals surface area contributed by atoms with E-state index in [-0.39, 0.29) is 5.41 Å². The number of fused-ring (bicyclic) bond motifs is 5. The zero-order valence-electron chi connectivity index (χ0n) is 14.6. The number of ketones is 1. The third kappa shape index (κ3) is 1.89. The topological polar surface area (TPSA) is 37.3 Å². The summed E-state index contributed by atoms with van der Waals surface area (Å²) >= 11 is 0. The average molecular weight is 314 g/mol. The van der Waals surface area contributed by atoms with Crippen LogP contribution in [0, 0.1) is 46.8 Å². The van der Waals surface area contributed by atoms with Gasteiger partial charge in [-0.05, 0) is 74.0 Å². The molecule has 0 spiro atoms. The van der Waals surface area contributed by atoms with Crippen LogP contribution in [0.15, 0.2) is 0 Å². The van der Waals surface area contributed by atoms with Gasteiger partial charge in [-0.3, -0.25) is 4.79 Å². The van der Waals surface area contributed by atoms with Gasteiger partial charge in [-0.15, -0.1) is 6.42 Å². The minimum absolute atomic E-state index is 0.101. The molecule has 0 aromatic rings. The van der Waals surface area contributed by atoms with Gasteiger partial charge in [-0.2, -0.15) is 0 Å². The third-order valence-corrected chi connectivity index (χ3v) is 8.87. The molecule has 0 amide bonds. The number of hydrogen-bond acceptors (Lipinski definition) is 2. The minimum Gasteiger partial charge on any atom is -0.377 e. The van der Waals surface area contributed by atoms with Gasteiger partial charge in [0.15, 0.2) is 0 Å². The average Bonchev–Trinajstić information content (AvgIpc) is 2.80. The lowest BCUT2D eigenvalue weighted by atomic mass is 9.44. The molecule has 2 nitrogen and oxygen atoms in total. The summed E-state index contributed by atoms with van der Waals surface area (Å²) in [6.45, 7) is 4.71. The summed E-state index contributed by atoms with van der Waals surface area (Å²) in [5, 5.41) is 11.0. The minimum atomic E-state index is -0.900. The Balaban J connectivity index is 1.66. The standard InChI is InChI=1S/C21H30O2/c1-4-21(23)12-9-18-16-6-5-14-13-15(22)7-10-19(14,2)17(16)8-11-20(18,21)3/h1,14,16-18,23H,5-13H2,2-3H3/t14-,16-,17-,18-,19+,20+,21-/m1/s1. The first kappa shape index (κ1) is 15.7. The molecule has 0 unspecified atom stereocenters. The van der Waals surface area contributed by atoms with E-state index in [4.69, 9.17) is 6.42 Å². The molecule has 4 saturated carbocycles. The molecule has 4 rings (SSSR count). The predicted octanol–water partition coefficient (Wildman–Crippen LogP) is 3.96. The van der Waals surface area contributed by atoms with Crippen molar-refractivity contribution in [3.05, 3.63) is 0 Å². The van der Waals surface area contributed by atoms with Crippen molar-refractivity contribution < 1.29 is 9.90 Å². The third-order valence-electron chi connectivity index (χ3n) is 8.87. The van der Waals surface area contributed by atoms with E-state index < -0.39 is 5.60 Å². The van der Waals surface area contributed by atoms with Crippen molar-refractivity contribution in [1.29, 1.82) is 0 Å². The van der Waals surface area contributed by atoms with Crippen LogP contribution in [0.2, 0.25) is 0 Å². The molecule has 0 saturated heterocycles. The molecule has 0 bridgehead atoms. The first-order valence-corrected chi connectivity index (χ1v) is 9.56. The normalized spacial score (nSPS) is 55.5. The lowest BCUT2D eigenvalue weighted by molar-refractivity contribution is -0.147. The van der Waals surface area contributed by atoms with Gasteiger partial charge in [0.2, 0.25) is 0 Å². The SMILES string of the molecule is C#C[C@@]1(O)CC[C@@H]2[C@@H]3CC[C@@H]4CC(=O)CC[C@]4(C)[C@@H]3CC[C@@]21C. The Morgan fingerprint density at radius 2 is 1.83 bits per heavy atom. The van der Waals surface area contributed by atoms with Crippen LogP contribution in [0.3, 0.4) is 0 Å². The van der Waals surface area contributed by atoms with Gasteiger partial charge in [-0.1, -0.05) is 19.8 Å². The van der Waals surface area contributed by atoms with Gasteiger partial charge in [0.05, 0.1) is 0 Å². The van der Waals surface area contributed by atoms with Crippen LogP contribution >= 0.6 is 0 Å². The molecule has 0 aromatic heterocycles. The molecule has 23 heavy (non-hydrogen) atoms. The molecule has 126 valence electrons. The van der Waals surface area contributed by atoms with Crippen LogP contribution in [0.5, 0.6) is 0 Å². The molecule has 4 aliphatic carbocycles. The smallest absolute Gasteiger partial charge is 0.133 e. The van der Waals surface area contributed by atoms with Gasteiger partial charge in [-0.25, -0.2) is 0 Å². The fraction of sp³-hybridized carbons (Fsp3) is 0.857. The molecule has 4 fully saturated rings. The number of hydrogen-bond donors (Lipinski definition) is 1. The van der Waals surface area contributed by atoms with Crippen molar-refractivity contribution in [2.24, 2.45) is 34.5 Å². The second kappa shape index (κ2) is 4.85. The molecule has 4 aliphatic rings. The zero-order valence-corrected chi connectivity index (χ0v) is 14.6. The number of rotatable bonds is 0. The first-order chi connectivity index (χ1) is 10.8. The molecule has 7 atom stereocenters. The maximum atomic E-state index is 11.9. The van der Waals surface area contributed by atoms with Crippen molar-refractivity contribution in [3.63, 3.8) is 0 Å². The van der Waals surface area contributed by atoms with Crippen LogP contribution in [0.1, 0.15) is 71.6 Å². The maximum absolute atomic E-state index is 11.9. The fourth-order valence-corrected chi connectivity index (χ4v) is 7.30. The van der Waals surface area contributed by atoms with E-state index in [0.717, 1.165) is 44.4 Å². The first-order valence-electron chi connectivity index (χ1n) is 9.56. The van der Waals surface area contributed by atoms with E-state index in [1.807, 2.05) is 0 Å². The molecule has 1 N–H and O–H groups in total. The lowest BCUT2D eigenvalue weighted by Crippen LogP contribution is -2.56. The molecule has 0 heterocycles. The molecular formula is C21H30O2. The van der Waals surface area contributed by atoms with Crippen LogP contribution < -0.4 is 0 Å². The van der Waals surface area contributed by atoms with Crippen LogP contribution in [0.4, 0.5) is 0 Å². The number of Topliss-reactive ketones (excluding diaryl/α,β-unsaturated/α-hetero) is 1. The second-order valence-corrected chi connectivity index (χ2v) is 9.40. The number of carbonyl (C=O) groups is 1. The van der Waals surface area contributed by atoms with Crippen LogP contribution in [-0.2, 0) is 4.79 Å². The molecule has 2 heteroatoms. The molecular weight excluding hydrogens is 284 g/mol. The number of terminal acetylenes is 1. The second-order valence-electron chi connectivity index (χ2n) is 9.40. The summed E-state index contributed by atoms with van der Waals surface area (Å²) in [4.78, 5) is 11.9. The Hall–Kier alpha value is -0.810. The highest BCUT2D eigenvalue weighted by atomic mass is 16.3. The zero-order chi connectivity index (χ0) is 16.5. The van der Waals surface area contributed by atoms with Gasteiger partial charge < -0.3 is 5.11 Å². The highest BCUT2D eigenvalue weighted by molar-refractivity contribution is 5.79. The summed E-state index contributed by atoms with van der Waals surface area (Å²) in [5.41, 5.74) is -0.658. The summed E-state index contributed by atoms with van der Waals surface area (Å²) in [6.07, 6.45) is 14.9. The Kier molecular flexibility index (Phi) is 3.31. The number of aliphatic hydroxyl groups is 1. The largest absolute Gasteiger partial charge is 0.377 e. The van der Waals surface area contributed by atoms with E-state index >= 15 is 0 Å². The number of carbonyl (C=O) groups excluding carboxylic acids is 1. The van der Waals surface area contributed by atoms with E-state index in [1.165, 1.54) is 19.3 Å². The Morgan fingerprint density at radius 3 is 2.57 bits per heavy atom. The summed E-state index contributed by atoms with van der Waals surface area (Å²) in [5.74, 6) is 5.83. The molecule has 0 radical (unpaired) electrons. The summed E-state index contributed by atoms with van der Waals surface area (Å²) in [7, 11) is 0. The monoisotopic (exact) mass is 314 g/mol. The van der Waals surface area contributed by atoms with Crippen LogP contribution in [-0.4, -0.2) is 16.5 Å². The maximum Gasteiger partial charge on any atom is 0.133 e. The van der Waals surface area contributed by atoms with Gasteiger partial charge in [0.25, 0.3) is 0 Å². The van der Waals surface area contributed by atoms with E-state index in [9.17, 15) is 9.90 Å². The van der Waals surface area contributed by atoms with Crippen molar-refractivity contribution in [3.8, 4) is 12.3 Å². The van der Waals surface area contributed by atoms with Crippen molar-refractivity contribution in [2.45, 2.75) is 77.2 Å². The summed E-state index contributed by atoms with van der Waals surface area (Å²) in [6, 6.07) is 0. The fourth-order valence-electron chi connectivity index (χ4n) is 7.30.